The van der Waals surface area contributed by atoms with Gasteiger partial charge >= 0.3 is 0 Å². The highest BCUT2D eigenvalue weighted by molar-refractivity contribution is 5.96. The molecule has 1 heterocycles. The molecule has 19 heavy (non-hydrogen) atoms. The van der Waals surface area contributed by atoms with Gasteiger partial charge in [0.1, 0.15) is 6.10 Å². The number of benzene rings is 1. The number of aryl methyl sites for hydroxylation is 2. The van der Waals surface area contributed by atoms with Gasteiger partial charge in [0.25, 0.3) is 5.91 Å². The van der Waals surface area contributed by atoms with E-state index in [0.29, 0.717) is 13.2 Å². The molecular weight excluding hydrogens is 240 g/mol. The number of nitrogens with one attached hydrogen (secondary N) is 2. The van der Waals surface area contributed by atoms with Gasteiger partial charge in [0.15, 0.2) is 0 Å². The Morgan fingerprint density at radius 1 is 1.26 bits per heavy atom. The maximum Gasteiger partial charge on any atom is 0.254 e. The summed E-state index contributed by atoms with van der Waals surface area (Å²) in [6.45, 7) is 10.2. The SMILES string of the molecule is Cc1cc(C)c(C)c(NC(=O)C2CNCCO2)c1C. The van der Waals surface area contributed by atoms with Crippen LogP contribution in [0, 0.1) is 27.7 Å². The Bertz CT molecular complexity index is 465. The molecule has 0 spiro atoms. The molecule has 104 valence electrons. The lowest BCUT2D eigenvalue weighted by Gasteiger charge is -2.24. The van der Waals surface area contributed by atoms with Crippen molar-refractivity contribution in [2.45, 2.75) is 33.8 Å². The first-order chi connectivity index (χ1) is 9.00. The second kappa shape index (κ2) is 5.72. The zero-order valence-corrected chi connectivity index (χ0v) is 12.1. The lowest BCUT2D eigenvalue weighted by Crippen LogP contribution is -2.45. The van der Waals surface area contributed by atoms with E-state index in [1.54, 1.807) is 0 Å². The predicted molar refractivity (Wildman–Crippen MR) is 76.6 cm³/mol. The fourth-order valence-corrected chi connectivity index (χ4v) is 2.34. The molecule has 1 fully saturated rings. The van der Waals surface area contributed by atoms with Crippen LogP contribution in [-0.2, 0) is 9.53 Å². The summed E-state index contributed by atoms with van der Waals surface area (Å²) < 4.78 is 5.48. The van der Waals surface area contributed by atoms with Gasteiger partial charge < -0.3 is 15.4 Å². The van der Waals surface area contributed by atoms with Crippen LogP contribution in [0.25, 0.3) is 0 Å². The third-order valence-corrected chi connectivity index (χ3v) is 3.83. The second-order valence-electron chi connectivity index (χ2n) is 5.19. The Kier molecular flexibility index (Phi) is 4.22. The Morgan fingerprint density at radius 3 is 2.42 bits per heavy atom. The van der Waals surface area contributed by atoms with Crippen LogP contribution in [0.5, 0.6) is 0 Å². The van der Waals surface area contributed by atoms with Gasteiger partial charge in [0.2, 0.25) is 0 Å². The molecule has 1 aromatic rings. The van der Waals surface area contributed by atoms with Crippen LogP contribution < -0.4 is 10.6 Å². The van der Waals surface area contributed by atoms with E-state index in [1.807, 2.05) is 13.8 Å². The monoisotopic (exact) mass is 262 g/mol. The molecule has 1 aromatic carbocycles. The van der Waals surface area contributed by atoms with Gasteiger partial charge in [0, 0.05) is 18.8 Å². The number of morpholine rings is 1. The summed E-state index contributed by atoms with van der Waals surface area (Å²) in [6.07, 6.45) is -0.395. The van der Waals surface area contributed by atoms with Gasteiger partial charge in [-0.15, -0.1) is 0 Å². The van der Waals surface area contributed by atoms with Gasteiger partial charge in [-0.25, -0.2) is 0 Å². The van der Waals surface area contributed by atoms with E-state index in [0.717, 1.165) is 23.4 Å². The molecule has 0 aliphatic carbocycles. The van der Waals surface area contributed by atoms with Crippen LogP contribution in [0.2, 0.25) is 0 Å². The molecule has 0 bridgehead atoms. The number of amides is 1. The Labute approximate surface area is 114 Å². The van der Waals surface area contributed by atoms with Gasteiger partial charge in [-0.1, -0.05) is 6.07 Å². The van der Waals surface area contributed by atoms with Gasteiger partial charge in [-0.3, -0.25) is 4.79 Å². The molecule has 0 saturated carbocycles. The molecular formula is C15H22N2O2. The summed E-state index contributed by atoms with van der Waals surface area (Å²) in [5.74, 6) is -0.0663. The molecule has 1 unspecified atom stereocenters. The van der Waals surface area contributed by atoms with Crippen molar-refractivity contribution in [2.75, 3.05) is 25.0 Å². The van der Waals surface area contributed by atoms with Crippen LogP contribution in [0.1, 0.15) is 22.3 Å². The zero-order valence-electron chi connectivity index (χ0n) is 12.1. The number of carbonyl (C=O) groups excluding carboxylic acids is 1. The number of ether oxygens (including phenoxy) is 1. The van der Waals surface area contributed by atoms with Crippen molar-refractivity contribution in [1.82, 2.24) is 5.32 Å². The van der Waals surface area contributed by atoms with Crippen LogP contribution in [0.15, 0.2) is 6.07 Å². The van der Waals surface area contributed by atoms with E-state index in [4.69, 9.17) is 4.74 Å². The molecule has 1 aliphatic rings. The molecule has 0 aromatic heterocycles. The standard InChI is InChI=1S/C15H22N2O2/c1-9-7-10(2)12(4)14(11(9)3)17-15(18)13-8-16-5-6-19-13/h7,13,16H,5-6,8H2,1-4H3,(H,17,18). The summed E-state index contributed by atoms with van der Waals surface area (Å²) in [6, 6.07) is 2.15. The summed E-state index contributed by atoms with van der Waals surface area (Å²) in [5, 5.41) is 6.19. The molecule has 1 aliphatic heterocycles. The van der Waals surface area contributed by atoms with Crippen LogP contribution >= 0.6 is 0 Å². The first kappa shape index (κ1) is 14.0. The highest BCUT2D eigenvalue weighted by Gasteiger charge is 2.23. The van der Waals surface area contributed by atoms with E-state index in [2.05, 4.69) is 30.5 Å². The van der Waals surface area contributed by atoms with Crippen molar-refractivity contribution >= 4 is 11.6 Å². The largest absolute Gasteiger partial charge is 0.366 e. The van der Waals surface area contributed by atoms with Crippen LogP contribution in [0.3, 0.4) is 0 Å². The lowest BCUT2D eigenvalue weighted by atomic mass is 9.98. The highest BCUT2D eigenvalue weighted by Crippen LogP contribution is 2.26. The van der Waals surface area contributed by atoms with Gasteiger partial charge in [-0.2, -0.15) is 0 Å². The molecule has 1 saturated heterocycles. The summed E-state index contributed by atoms with van der Waals surface area (Å²) in [5.41, 5.74) is 5.57. The number of hydrogen-bond acceptors (Lipinski definition) is 3. The molecule has 1 atom stereocenters. The van der Waals surface area contributed by atoms with E-state index < -0.39 is 6.10 Å². The topological polar surface area (TPSA) is 50.4 Å². The fourth-order valence-electron chi connectivity index (χ4n) is 2.34. The van der Waals surface area contributed by atoms with E-state index in [9.17, 15) is 4.79 Å². The zero-order chi connectivity index (χ0) is 14.0. The van der Waals surface area contributed by atoms with E-state index in [1.165, 1.54) is 11.1 Å². The number of anilines is 1. The molecule has 1 amide bonds. The normalized spacial score (nSPS) is 19.3. The number of rotatable bonds is 2. The first-order valence-electron chi connectivity index (χ1n) is 6.71. The molecule has 4 heteroatoms. The molecule has 4 nitrogen and oxygen atoms in total. The van der Waals surface area contributed by atoms with E-state index in [-0.39, 0.29) is 5.91 Å². The van der Waals surface area contributed by atoms with E-state index >= 15 is 0 Å². The molecule has 2 N–H and O–H groups in total. The third-order valence-electron chi connectivity index (χ3n) is 3.83. The average Bonchev–Trinajstić information content (AvgIpc) is 2.42. The smallest absolute Gasteiger partial charge is 0.254 e. The first-order valence-corrected chi connectivity index (χ1v) is 6.71. The number of hydrogen-bond donors (Lipinski definition) is 2. The van der Waals surface area contributed by atoms with Crippen LogP contribution in [0.4, 0.5) is 5.69 Å². The summed E-state index contributed by atoms with van der Waals surface area (Å²) in [7, 11) is 0. The maximum absolute atomic E-state index is 12.2. The Balaban J connectivity index is 2.20. The van der Waals surface area contributed by atoms with Crippen molar-refractivity contribution in [3.8, 4) is 0 Å². The minimum Gasteiger partial charge on any atom is -0.366 e. The molecule has 0 radical (unpaired) electrons. The van der Waals surface area contributed by atoms with Crippen molar-refractivity contribution in [1.29, 1.82) is 0 Å². The Hall–Kier alpha value is -1.39. The Morgan fingerprint density at radius 2 is 1.89 bits per heavy atom. The highest BCUT2D eigenvalue weighted by atomic mass is 16.5. The average molecular weight is 262 g/mol. The van der Waals surface area contributed by atoms with Crippen molar-refractivity contribution < 1.29 is 9.53 Å². The quantitative estimate of drug-likeness (QED) is 0.855. The fraction of sp³-hybridized carbons (Fsp3) is 0.533. The third kappa shape index (κ3) is 2.96. The summed E-state index contributed by atoms with van der Waals surface area (Å²) >= 11 is 0. The predicted octanol–water partition coefficient (Wildman–Crippen LogP) is 1.85. The van der Waals surface area contributed by atoms with Crippen molar-refractivity contribution in [3.05, 3.63) is 28.3 Å². The minimum absolute atomic E-state index is 0.0663. The van der Waals surface area contributed by atoms with Crippen molar-refractivity contribution in [3.63, 3.8) is 0 Å². The van der Waals surface area contributed by atoms with Crippen LogP contribution in [-0.4, -0.2) is 31.7 Å². The van der Waals surface area contributed by atoms with Gasteiger partial charge in [-0.05, 0) is 49.9 Å². The molecule has 2 rings (SSSR count). The van der Waals surface area contributed by atoms with Gasteiger partial charge in [0.05, 0.1) is 6.61 Å². The van der Waals surface area contributed by atoms with Crippen molar-refractivity contribution in [2.24, 2.45) is 0 Å². The minimum atomic E-state index is -0.395. The summed E-state index contributed by atoms with van der Waals surface area (Å²) in [4.78, 5) is 12.2. The second-order valence-corrected chi connectivity index (χ2v) is 5.19. The maximum atomic E-state index is 12.2. The lowest BCUT2D eigenvalue weighted by molar-refractivity contribution is -0.128. The number of carbonyl (C=O) groups is 1.